The summed E-state index contributed by atoms with van der Waals surface area (Å²) in [5.41, 5.74) is 0.861. The van der Waals surface area contributed by atoms with Gasteiger partial charge in [0.1, 0.15) is 5.75 Å². The molecule has 0 fully saturated rings. The molecule has 106 valence electrons. The minimum Gasteiger partial charge on any atom is -0.478 e. The van der Waals surface area contributed by atoms with Crippen molar-refractivity contribution in [2.75, 3.05) is 0 Å². The van der Waals surface area contributed by atoms with Gasteiger partial charge in [0.15, 0.2) is 5.82 Å². The maximum absolute atomic E-state index is 10.9. The van der Waals surface area contributed by atoms with Crippen LogP contribution < -0.4 is 4.74 Å². The van der Waals surface area contributed by atoms with E-state index in [2.05, 4.69) is 9.36 Å². The van der Waals surface area contributed by atoms with Crippen molar-refractivity contribution in [2.24, 2.45) is 0 Å². The van der Waals surface area contributed by atoms with Crippen LogP contribution in [0.15, 0.2) is 18.2 Å². The number of hydrogen-bond acceptors (Lipinski definition) is 5. The summed E-state index contributed by atoms with van der Waals surface area (Å²) in [5, 5.41) is 9.38. The fourth-order valence-electron chi connectivity index (χ4n) is 1.55. The van der Waals surface area contributed by atoms with Gasteiger partial charge in [0.05, 0.1) is 5.56 Å². The van der Waals surface area contributed by atoms with E-state index >= 15 is 0 Å². The fraction of sp³-hybridized carbons (Fsp3) is 0.357. The van der Waals surface area contributed by atoms with Gasteiger partial charge in [-0.15, -0.1) is 0 Å². The van der Waals surface area contributed by atoms with Crippen molar-refractivity contribution in [1.29, 1.82) is 0 Å². The van der Waals surface area contributed by atoms with Gasteiger partial charge in [-0.3, -0.25) is 0 Å². The largest absolute Gasteiger partial charge is 0.478 e. The third-order valence-electron chi connectivity index (χ3n) is 2.70. The van der Waals surface area contributed by atoms with Crippen LogP contribution in [0.25, 0.3) is 0 Å². The predicted molar refractivity (Wildman–Crippen MR) is 76.8 cm³/mol. The van der Waals surface area contributed by atoms with Crippen molar-refractivity contribution in [2.45, 2.75) is 33.1 Å². The normalized spacial score (nSPS) is 11.4. The zero-order valence-corrected chi connectivity index (χ0v) is 12.6. The number of carboxylic acid groups (broad SMARTS) is 1. The van der Waals surface area contributed by atoms with Crippen LogP contribution in [0.5, 0.6) is 10.9 Å². The number of carbonyl (C=O) groups is 1. The average molecular weight is 292 g/mol. The van der Waals surface area contributed by atoms with E-state index in [9.17, 15) is 4.79 Å². The monoisotopic (exact) mass is 292 g/mol. The molecule has 0 amide bonds. The first-order valence-electron chi connectivity index (χ1n) is 6.13. The Balaban J connectivity index is 2.22. The van der Waals surface area contributed by atoms with Gasteiger partial charge in [0.25, 0.3) is 5.19 Å². The number of nitrogens with zero attached hydrogens (tertiary/aromatic N) is 2. The van der Waals surface area contributed by atoms with E-state index in [0.29, 0.717) is 10.9 Å². The molecule has 0 radical (unpaired) electrons. The molecule has 0 saturated carbocycles. The van der Waals surface area contributed by atoms with Crippen molar-refractivity contribution < 1.29 is 14.6 Å². The van der Waals surface area contributed by atoms with Gasteiger partial charge in [-0.05, 0) is 30.7 Å². The predicted octanol–water partition coefficient (Wildman–Crippen LogP) is 3.63. The zero-order valence-electron chi connectivity index (χ0n) is 11.8. The number of rotatable bonds is 3. The highest BCUT2D eigenvalue weighted by Gasteiger charge is 2.20. The molecule has 0 atom stereocenters. The fourth-order valence-corrected chi connectivity index (χ4v) is 2.28. The molecule has 1 aromatic heterocycles. The molecule has 0 unspecified atom stereocenters. The minimum atomic E-state index is -0.953. The lowest BCUT2D eigenvalue weighted by atomic mass is 9.96. The highest BCUT2D eigenvalue weighted by Crippen LogP contribution is 2.29. The first kappa shape index (κ1) is 14.5. The second-order valence-corrected chi connectivity index (χ2v) is 6.24. The molecule has 2 aromatic rings. The maximum atomic E-state index is 10.9. The van der Waals surface area contributed by atoms with Gasteiger partial charge in [0.2, 0.25) is 0 Å². The lowest BCUT2D eigenvalue weighted by molar-refractivity contribution is 0.0697. The summed E-state index contributed by atoms with van der Waals surface area (Å²) in [4.78, 5) is 15.2. The Morgan fingerprint density at radius 3 is 2.55 bits per heavy atom. The van der Waals surface area contributed by atoms with E-state index < -0.39 is 5.97 Å². The SMILES string of the molecule is Cc1cc(C(=O)O)ccc1Oc1nc(C(C)(C)C)ns1. The van der Waals surface area contributed by atoms with E-state index in [1.54, 1.807) is 19.1 Å². The van der Waals surface area contributed by atoms with Crippen LogP contribution in [-0.4, -0.2) is 20.4 Å². The van der Waals surface area contributed by atoms with Crippen molar-refractivity contribution in [3.63, 3.8) is 0 Å². The number of hydrogen-bond donors (Lipinski definition) is 1. The summed E-state index contributed by atoms with van der Waals surface area (Å²) < 4.78 is 9.94. The Morgan fingerprint density at radius 2 is 2.05 bits per heavy atom. The number of aryl methyl sites for hydroxylation is 1. The third kappa shape index (κ3) is 3.14. The molecule has 1 aromatic carbocycles. The summed E-state index contributed by atoms with van der Waals surface area (Å²) in [6.07, 6.45) is 0. The zero-order chi connectivity index (χ0) is 14.9. The molecule has 0 saturated heterocycles. The van der Waals surface area contributed by atoms with E-state index in [1.807, 2.05) is 20.8 Å². The molecule has 20 heavy (non-hydrogen) atoms. The van der Waals surface area contributed by atoms with Gasteiger partial charge in [-0.25, -0.2) is 4.79 Å². The Kier molecular flexibility index (Phi) is 3.76. The number of carboxylic acids is 1. The summed E-state index contributed by atoms with van der Waals surface area (Å²) in [7, 11) is 0. The lowest BCUT2D eigenvalue weighted by Crippen LogP contribution is -2.12. The van der Waals surface area contributed by atoms with Crippen LogP contribution in [0.3, 0.4) is 0 Å². The first-order valence-corrected chi connectivity index (χ1v) is 6.90. The molecule has 1 heterocycles. The molecular weight excluding hydrogens is 276 g/mol. The minimum absolute atomic E-state index is 0.125. The van der Waals surface area contributed by atoms with E-state index in [1.165, 1.54) is 17.6 Å². The van der Waals surface area contributed by atoms with Crippen LogP contribution >= 0.6 is 11.5 Å². The topological polar surface area (TPSA) is 72.3 Å². The van der Waals surface area contributed by atoms with Crippen LogP contribution in [0.4, 0.5) is 0 Å². The van der Waals surface area contributed by atoms with Gasteiger partial charge >= 0.3 is 5.97 Å². The molecule has 6 heteroatoms. The molecule has 5 nitrogen and oxygen atoms in total. The molecule has 0 spiro atoms. The number of aromatic carboxylic acids is 1. The van der Waals surface area contributed by atoms with Crippen molar-refractivity contribution in [3.8, 4) is 10.9 Å². The first-order chi connectivity index (χ1) is 9.27. The molecular formula is C14H16N2O3S. The number of aromatic nitrogens is 2. The van der Waals surface area contributed by atoms with Gasteiger partial charge in [-0.2, -0.15) is 9.36 Å². The standard InChI is InChI=1S/C14H16N2O3S/c1-8-7-9(11(17)18)5-6-10(8)19-13-15-12(16-20-13)14(2,3)4/h5-7H,1-4H3,(H,17,18). The van der Waals surface area contributed by atoms with Gasteiger partial charge in [-0.1, -0.05) is 20.8 Å². The molecule has 0 aliphatic rings. The quantitative estimate of drug-likeness (QED) is 0.935. The van der Waals surface area contributed by atoms with Crippen molar-refractivity contribution >= 4 is 17.5 Å². The Bertz CT molecular complexity index is 644. The van der Waals surface area contributed by atoms with Crippen LogP contribution in [-0.2, 0) is 5.41 Å². The van der Waals surface area contributed by atoms with Crippen LogP contribution in [0.2, 0.25) is 0 Å². The Morgan fingerprint density at radius 1 is 1.35 bits per heavy atom. The summed E-state index contributed by atoms with van der Waals surface area (Å²) in [5.74, 6) is 0.370. The Hall–Kier alpha value is -1.95. The van der Waals surface area contributed by atoms with E-state index in [-0.39, 0.29) is 11.0 Å². The van der Waals surface area contributed by atoms with Gasteiger partial charge in [0, 0.05) is 16.9 Å². The second kappa shape index (κ2) is 5.20. The van der Waals surface area contributed by atoms with Crippen molar-refractivity contribution in [1.82, 2.24) is 9.36 Å². The van der Waals surface area contributed by atoms with Crippen LogP contribution in [0, 0.1) is 6.92 Å². The highest BCUT2D eigenvalue weighted by molar-refractivity contribution is 7.07. The maximum Gasteiger partial charge on any atom is 0.335 e. The smallest absolute Gasteiger partial charge is 0.335 e. The van der Waals surface area contributed by atoms with E-state index in [4.69, 9.17) is 9.84 Å². The summed E-state index contributed by atoms with van der Waals surface area (Å²) >= 11 is 1.19. The molecule has 0 bridgehead atoms. The molecule has 0 aliphatic carbocycles. The average Bonchev–Trinajstić information content (AvgIpc) is 2.80. The highest BCUT2D eigenvalue weighted by atomic mass is 32.1. The third-order valence-corrected chi connectivity index (χ3v) is 3.29. The van der Waals surface area contributed by atoms with Gasteiger partial charge < -0.3 is 9.84 Å². The van der Waals surface area contributed by atoms with E-state index in [0.717, 1.165) is 11.4 Å². The summed E-state index contributed by atoms with van der Waals surface area (Å²) in [6.45, 7) is 7.90. The Labute approximate surface area is 121 Å². The van der Waals surface area contributed by atoms with Crippen molar-refractivity contribution in [3.05, 3.63) is 35.2 Å². The number of benzene rings is 1. The number of ether oxygens (including phenoxy) is 1. The second-order valence-electron chi connectivity index (χ2n) is 5.52. The lowest BCUT2D eigenvalue weighted by Gasteiger charge is -2.12. The molecule has 0 aliphatic heterocycles. The molecule has 2 rings (SSSR count). The summed E-state index contributed by atoms with van der Waals surface area (Å²) in [6, 6.07) is 4.72. The molecule has 1 N–H and O–H groups in total. The van der Waals surface area contributed by atoms with Crippen LogP contribution in [0.1, 0.15) is 42.5 Å².